The molecule has 3 nitrogen and oxygen atoms in total. The van der Waals surface area contributed by atoms with Gasteiger partial charge in [-0.3, -0.25) is 4.79 Å². The van der Waals surface area contributed by atoms with Crippen molar-refractivity contribution in [2.75, 3.05) is 11.4 Å². The van der Waals surface area contributed by atoms with Crippen LogP contribution >= 0.6 is 11.6 Å². The van der Waals surface area contributed by atoms with Crippen molar-refractivity contribution in [3.8, 4) is 5.75 Å². The second-order valence-corrected chi connectivity index (χ2v) is 4.63. The van der Waals surface area contributed by atoms with Crippen molar-refractivity contribution in [1.82, 2.24) is 0 Å². The average molecular weight is 238 g/mol. The predicted octanol–water partition coefficient (Wildman–Crippen LogP) is 2.40. The number of anilines is 1. The van der Waals surface area contributed by atoms with Gasteiger partial charge in [-0.25, -0.2) is 0 Å². The molecule has 0 saturated carbocycles. The van der Waals surface area contributed by atoms with Crippen LogP contribution < -0.4 is 9.64 Å². The van der Waals surface area contributed by atoms with Crippen molar-refractivity contribution in [3.63, 3.8) is 0 Å². The van der Waals surface area contributed by atoms with Gasteiger partial charge in [-0.15, -0.1) is 0 Å². The Hall–Kier alpha value is -1.22. The van der Waals surface area contributed by atoms with Gasteiger partial charge < -0.3 is 9.64 Å². The van der Waals surface area contributed by atoms with Crippen LogP contribution in [0.4, 0.5) is 5.69 Å². The molecule has 0 aliphatic carbocycles. The highest BCUT2D eigenvalue weighted by Gasteiger charge is 2.35. The number of amides is 1. The summed E-state index contributed by atoms with van der Waals surface area (Å²) in [6.45, 7) is 2.56. The van der Waals surface area contributed by atoms with Crippen LogP contribution in [0.15, 0.2) is 12.1 Å². The first-order valence-corrected chi connectivity index (χ1v) is 5.85. The van der Waals surface area contributed by atoms with E-state index in [4.69, 9.17) is 16.3 Å². The number of carbonyl (C=O) groups excluding carboxylic acids is 1. The molecule has 0 N–H and O–H groups in total. The molecular weight excluding hydrogens is 226 g/mol. The summed E-state index contributed by atoms with van der Waals surface area (Å²) < 4.78 is 5.60. The molecule has 1 atom stereocenters. The van der Waals surface area contributed by atoms with Crippen molar-refractivity contribution >= 4 is 23.2 Å². The highest BCUT2D eigenvalue weighted by Crippen LogP contribution is 2.43. The van der Waals surface area contributed by atoms with Crippen LogP contribution in [0.2, 0.25) is 5.02 Å². The van der Waals surface area contributed by atoms with Gasteiger partial charge in [-0.05, 0) is 37.5 Å². The zero-order valence-electron chi connectivity index (χ0n) is 9.00. The summed E-state index contributed by atoms with van der Waals surface area (Å²) in [7, 11) is 0. The molecule has 1 aromatic carbocycles. The smallest absolute Gasteiger partial charge is 0.267 e. The van der Waals surface area contributed by atoms with E-state index >= 15 is 0 Å². The quantitative estimate of drug-likeness (QED) is 0.694. The van der Waals surface area contributed by atoms with Gasteiger partial charge in [0, 0.05) is 11.6 Å². The van der Waals surface area contributed by atoms with E-state index in [9.17, 15) is 4.79 Å². The van der Waals surface area contributed by atoms with Gasteiger partial charge in [-0.2, -0.15) is 0 Å². The minimum absolute atomic E-state index is 0.0377. The topological polar surface area (TPSA) is 29.5 Å². The third-order valence-corrected chi connectivity index (χ3v) is 3.54. The molecule has 0 saturated heterocycles. The standard InChI is InChI=1S/C12H12ClNO2/c1-7-12(15)14-6-2-3-8-9(13)4-5-10(16-7)11(8)14/h4-5,7H,2-3,6H2,1H3. The lowest BCUT2D eigenvalue weighted by Gasteiger charge is -2.37. The second kappa shape index (κ2) is 3.39. The molecule has 0 bridgehead atoms. The fourth-order valence-corrected chi connectivity index (χ4v) is 2.67. The molecule has 84 valence electrons. The largest absolute Gasteiger partial charge is 0.479 e. The first-order chi connectivity index (χ1) is 7.68. The van der Waals surface area contributed by atoms with E-state index in [2.05, 4.69) is 0 Å². The average Bonchev–Trinajstić information content (AvgIpc) is 2.30. The van der Waals surface area contributed by atoms with Gasteiger partial charge in [0.05, 0.1) is 5.69 Å². The molecule has 1 aromatic rings. The Morgan fingerprint density at radius 3 is 3.12 bits per heavy atom. The molecule has 2 aliphatic heterocycles. The summed E-state index contributed by atoms with van der Waals surface area (Å²) in [5, 5.41) is 0.731. The Labute approximate surface area is 98.9 Å². The maximum atomic E-state index is 12.0. The minimum atomic E-state index is -0.389. The van der Waals surface area contributed by atoms with E-state index in [1.807, 2.05) is 17.0 Å². The fourth-order valence-electron chi connectivity index (χ4n) is 2.43. The number of ether oxygens (including phenoxy) is 1. The zero-order valence-corrected chi connectivity index (χ0v) is 9.75. The van der Waals surface area contributed by atoms with Gasteiger partial charge in [0.1, 0.15) is 5.75 Å². The summed E-state index contributed by atoms with van der Waals surface area (Å²) in [6, 6.07) is 3.70. The molecule has 1 amide bonds. The third kappa shape index (κ3) is 1.24. The van der Waals surface area contributed by atoms with Crippen molar-refractivity contribution in [2.45, 2.75) is 25.9 Å². The number of halogens is 1. The number of hydrogen-bond acceptors (Lipinski definition) is 2. The van der Waals surface area contributed by atoms with Crippen molar-refractivity contribution in [2.24, 2.45) is 0 Å². The zero-order chi connectivity index (χ0) is 11.3. The molecule has 1 unspecified atom stereocenters. The summed E-state index contributed by atoms with van der Waals surface area (Å²) >= 11 is 6.15. The van der Waals surface area contributed by atoms with Crippen LogP contribution in [0.1, 0.15) is 18.9 Å². The number of nitrogens with zero attached hydrogens (tertiary/aromatic N) is 1. The van der Waals surface area contributed by atoms with E-state index in [-0.39, 0.29) is 12.0 Å². The Bertz CT molecular complexity index is 472. The maximum absolute atomic E-state index is 12.0. The fraction of sp³-hybridized carbons (Fsp3) is 0.417. The molecule has 4 heteroatoms. The summed E-state index contributed by atoms with van der Waals surface area (Å²) in [5.74, 6) is 0.821. The highest BCUT2D eigenvalue weighted by atomic mass is 35.5. The van der Waals surface area contributed by atoms with Crippen LogP contribution in [0.5, 0.6) is 5.75 Å². The summed E-state index contributed by atoms with van der Waals surface area (Å²) in [5.41, 5.74) is 1.94. The monoisotopic (exact) mass is 237 g/mol. The van der Waals surface area contributed by atoms with Gasteiger partial charge >= 0.3 is 0 Å². The lowest BCUT2D eigenvalue weighted by Crippen LogP contribution is -2.46. The van der Waals surface area contributed by atoms with Crippen LogP contribution in [-0.2, 0) is 11.2 Å². The molecule has 0 aromatic heterocycles. The maximum Gasteiger partial charge on any atom is 0.267 e. The number of hydrogen-bond donors (Lipinski definition) is 0. The number of carbonyl (C=O) groups is 1. The van der Waals surface area contributed by atoms with Crippen LogP contribution in [0.3, 0.4) is 0 Å². The van der Waals surface area contributed by atoms with Crippen LogP contribution in [0.25, 0.3) is 0 Å². The van der Waals surface area contributed by atoms with Gasteiger partial charge in [0.25, 0.3) is 5.91 Å². The molecular formula is C12H12ClNO2. The molecule has 2 heterocycles. The lowest BCUT2D eigenvalue weighted by atomic mass is 9.99. The normalized spacial score (nSPS) is 22.8. The molecule has 3 rings (SSSR count). The molecule has 0 radical (unpaired) electrons. The van der Waals surface area contributed by atoms with Gasteiger partial charge in [-0.1, -0.05) is 11.6 Å². The number of benzene rings is 1. The Morgan fingerprint density at radius 1 is 1.50 bits per heavy atom. The Morgan fingerprint density at radius 2 is 2.31 bits per heavy atom. The SMILES string of the molecule is CC1Oc2ccc(Cl)c3c2N(CCC3)C1=O. The van der Waals surface area contributed by atoms with Crippen molar-refractivity contribution in [3.05, 3.63) is 22.7 Å². The summed E-state index contributed by atoms with van der Waals surface area (Å²) in [6.07, 6.45) is 1.50. The van der Waals surface area contributed by atoms with E-state index in [0.717, 1.165) is 41.4 Å². The van der Waals surface area contributed by atoms with Gasteiger partial charge in [0.15, 0.2) is 6.10 Å². The first-order valence-electron chi connectivity index (χ1n) is 5.48. The Kier molecular flexibility index (Phi) is 2.11. The van der Waals surface area contributed by atoms with Crippen LogP contribution in [0, 0.1) is 0 Å². The molecule has 0 spiro atoms. The van der Waals surface area contributed by atoms with E-state index in [1.54, 1.807) is 6.92 Å². The van der Waals surface area contributed by atoms with E-state index in [0.29, 0.717) is 0 Å². The van der Waals surface area contributed by atoms with Gasteiger partial charge in [0.2, 0.25) is 0 Å². The lowest BCUT2D eigenvalue weighted by molar-refractivity contribution is -0.125. The highest BCUT2D eigenvalue weighted by molar-refractivity contribution is 6.32. The second-order valence-electron chi connectivity index (χ2n) is 4.23. The molecule has 16 heavy (non-hydrogen) atoms. The van der Waals surface area contributed by atoms with E-state index in [1.165, 1.54) is 0 Å². The van der Waals surface area contributed by atoms with E-state index < -0.39 is 0 Å². The summed E-state index contributed by atoms with van der Waals surface area (Å²) in [4.78, 5) is 13.8. The third-order valence-electron chi connectivity index (χ3n) is 3.18. The molecule has 0 fully saturated rings. The Balaban J connectivity index is 2.23. The predicted molar refractivity (Wildman–Crippen MR) is 62.2 cm³/mol. The van der Waals surface area contributed by atoms with Crippen molar-refractivity contribution < 1.29 is 9.53 Å². The minimum Gasteiger partial charge on any atom is -0.479 e. The molecule has 2 aliphatic rings. The number of rotatable bonds is 0. The van der Waals surface area contributed by atoms with Crippen molar-refractivity contribution in [1.29, 1.82) is 0 Å². The van der Waals surface area contributed by atoms with Crippen LogP contribution in [-0.4, -0.2) is 18.6 Å². The first kappa shape index (κ1) is 9.97.